The second-order valence-corrected chi connectivity index (χ2v) is 13.1. The summed E-state index contributed by atoms with van der Waals surface area (Å²) in [5, 5.41) is 10.3. The maximum absolute atomic E-state index is 10.3. The van der Waals surface area contributed by atoms with Crippen LogP contribution < -0.4 is 0 Å². The molecule has 3 nitrogen and oxygen atoms in total. The zero-order valence-corrected chi connectivity index (χ0v) is 19.7. The van der Waals surface area contributed by atoms with Crippen LogP contribution in [0.3, 0.4) is 0 Å². The van der Waals surface area contributed by atoms with Crippen LogP contribution >= 0.6 is 0 Å². The average molecular weight is 417 g/mol. The lowest BCUT2D eigenvalue weighted by Gasteiger charge is -2.61. The SMILES string of the molecule is CC1CCC2(OC1)OC1CC3C4CC[C@@H]5C[C@@H](O)CCC5(C)C4CCC3(C)C1C2C. The van der Waals surface area contributed by atoms with Crippen LogP contribution in [0.15, 0.2) is 0 Å². The summed E-state index contributed by atoms with van der Waals surface area (Å²) < 4.78 is 13.4. The lowest BCUT2D eigenvalue weighted by molar-refractivity contribution is -0.273. The molecule has 2 aliphatic heterocycles. The highest BCUT2D eigenvalue weighted by Crippen LogP contribution is 2.71. The van der Waals surface area contributed by atoms with Gasteiger partial charge in [0, 0.05) is 12.3 Å². The van der Waals surface area contributed by atoms with E-state index in [0.717, 1.165) is 49.5 Å². The fraction of sp³-hybridized carbons (Fsp3) is 1.00. The Hall–Kier alpha value is -0.120. The molecule has 170 valence electrons. The molecule has 0 bridgehead atoms. The summed E-state index contributed by atoms with van der Waals surface area (Å²) in [6.07, 6.45) is 12.9. The molecule has 3 heteroatoms. The molecule has 0 aromatic heterocycles. The zero-order valence-electron chi connectivity index (χ0n) is 19.7. The number of hydrogen-bond acceptors (Lipinski definition) is 3. The third-order valence-electron chi connectivity index (χ3n) is 11.9. The van der Waals surface area contributed by atoms with Gasteiger partial charge in [-0.15, -0.1) is 0 Å². The molecule has 0 radical (unpaired) electrons. The van der Waals surface area contributed by atoms with E-state index in [-0.39, 0.29) is 11.9 Å². The number of hydrogen-bond donors (Lipinski definition) is 1. The van der Waals surface area contributed by atoms with Crippen molar-refractivity contribution in [3.63, 3.8) is 0 Å². The molecule has 0 aromatic carbocycles. The first-order valence-corrected chi connectivity index (χ1v) is 13.3. The molecule has 10 unspecified atom stereocenters. The highest BCUT2D eigenvalue weighted by atomic mass is 16.7. The third-order valence-corrected chi connectivity index (χ3v) is 11.9. The van der Waals surface area contributed by atoms with Crippen LogP contribution in [0.4, 0.5) is 0 Å². The lowest BCUT2D eigenvalue weighted by atomic mass is 9.44. The van der Waals surface area contributed by atoms with Crippen molar-refractivity contribution in [2.45, 2.75) is 110 Å². The van der Waals surface area contributed by atoms with E-state index in [0.29, 0.717) is 34.7 Å². The van der Waals surface area contributed by atoms with Crippen LogP contribution in [0.5, 0.6) is 0 Å². The van der Waals surface area contributed by atoms with Gasteiger partial charge >= 0.3 is 0 Å². The van der Waals surface area contributed by atoms with Gasteiger partial charge in [0.25, 0.3) is 0 Å². The van der Waals surface area contributed by atoms with Gasteiger partial charge in [0.2, 0.25) is 0 Å². The van der Waals surface area contributed by atoms with Crippen LogP contribution in [0.25, 0.3) is 0 Å². The van der Waals surface area contributed by atoms with Gasteiger partial charge in [0.05, 0.1) is 18.8 Å². The largest absolute Gasteiger partial charge is 0.393 e. The van der Waals surface area contributed by atoms with Gasteiger partial charge in [0.15, 0.2) is 5.79 Å². The minimum Gasteiger partial charge on any atom is -0.393 e. The summed E-state index contributed by atoms with van der Waals surface area (Å²) in [6.45, 7) is 10.9. The van der Waals surface area contributed by atoms with Crippen LogP contribution in [-0.2, 0) is 9.47 Å². The number of aliphatic hydroxyl groups excluding tert-OH is 1. The topological polar surface area (TPSA) is 38.7 Å². The van der Waals surface area contributed by atoms with Crippen molar-refractivity contribution < 1.29 is 14.6 Å². The molecule has 0 amide bonds. The smallest absolute Gasteiger partial charge is 0.171 e. The molecule has 30 heavy (non-hydrogen) atoms. The summed E-state index contributed by atoms with van der Waals surface area (Å²) in [5.41, 5.74) is 0.899. The van der Waals surface area contributed by atoms with Gasteiger partial charge in [-0.1, -0.05) is 27.7 Å². The summed E-state index contributed by atoms with van der Waals surface area (Å²) in [5.74, 6) is 4.93. The normalized spacial score (nSPS) is 62.5. The van der Waals surface area contributed by atoms with E-state index < -0.39 is 0 Å². The van der Waals surface area contributed by atoms with Crippen LogP contribution in [0.1, 0.15) is 91.9 Å². The van der Waals surface area contributed by atoms with Crippen molar-refractivity contribution in [3.05, 3.63) is 0 Å². The van der Waals surface area contributed by atoms with Gasteiger partial charge in [-0.25, -0.2) is 0 Å². The molecular formula is C27H44O3. The fourth-order valence-corrected chi connectivity index (χ4v) is 10.3. The molecular weight excluding hydrogens is 372 g/mol. The molecule has 0 aromatic rings. The lowest BCUT2D eigenvalue weighted by Crippen LogP contribution is -2.55. The maximum Gasteiger partial charge on any atom is 0.171 e. The van der Waals surface area contributed by atoms with E-state index >= 15 is 0 Å². The van der Waals surface area contributed by atoms with Gasteiger partial charge < -0.3 is 14.6 Å². The Balaban J connectivity index is 1.26. The first-order valence-electron chi connectivity index (χ1n) is 13.3. The minimum atomic E-state index is -0.282. The van der Waals surface area contributed by atoms with Gasteiger partial charge in [-0.05, 0) is 104 Å². The Morgan fingerprint density at radius 3 is 2.40 bits per heavy atom. The van der Waals surface area contributed by atoms with Gasteiger partial charge in [-0.2, -0.15) is 0 Å². The van der Waals surface area contributed by atoms with Crippen LogP contribution in [0.2, 0.25) is 0 Å². The van der Waals surface area contributed by atoms with E-state index in [9.17, 15) is 5.11 Å². The second-order valence-electron chi connectivity index (χ2n) is 13.1. The Bertz CT molecular complexity index is 684. The first kappa shape index (κ1) is 20.5. The first-order chi connectivity index (χ1) is 14.3. The van der Waals surface area contributed by atoms with Gasteiger partial charge in [0.1, 0.15) is 0 Å². The van der Waals surface area contributed by atoms with Crippen molar-refractivity contribution >= 4 is 0 Å². The summed E-state index contributed by atoms with van der Waals surface area (Å²) in [4.78, 5) is 0. The monoisotopic (exact) mass is 416 g/mol. The van der Waals surface area contributed by atoms with Crippen molar-refractivity contribution in [3.8, 4) is 0 Å². The Morgan fingerprint density at radius 1 is 0.833 bits per heavy atom. The van der Waals surface area contributed by atoms with Crippen molar-refractivity contribution in [2.75, 3.05) is 6.61 Å². The van der Waals surface area contributed by atoms with E-state index in [1.54, 1.807) is 0 Å². The predicted molar refractivity (Wildman–Crippen MR) is 118 cm³/mol. The summed E-state index contributed by atoms with van der Waals surface area (Å²) in [6, 6.07) is 0. The standard InChI is InChI=1S/C27H44O3/c1-16-7-12-27(29-15-16)17(2)24-23(30-27)14-22-20-6-5-18-13-19(28)8-10-25(18,3)21(20)9-11-26(22,24)4/h16-24,28H,5-15H2,1-4H3/t16?,17?,18-,19+,20?,21?,22?,23?,24?,25?,26?,27?/m1/s1. The zero-order chi connectivity index (χ0) is 20.9. The molecule has 6 aliphatic rings. The molecule has 2 saturated heterocycles. The third kappa shape index (κ3) is 2.61. The van der Waals surface area contributed by atoms with Crippen molar-refractivity contribution in [1.82, 2.24) is 0 Å². The molecule has 1 spiro atoms. The average Bonchev–Trinajstić information content (AvgIpc) is 3.16. The van der Waals surface area contributed by atoms with E-state index in [1.165, 1.54) is 44.9 Å². The molecule has 2 heterocycles. The second kappa shape index (κ2) is 6.70. The van der Waals surface area contributed by atoms with E-state index in [1.807, 2.05) is 0 Å². The Labute approximate surface area is 183 Å². The summed E-state index contributed by atoms with van der Waals surface area (Å²) >= 11 is 0. The number of ether oxygens (including phenoxy) is 2. The number of aliphatic hydroxyl groups is 1. The summed E-state index contributed by atoms with van der Waals surface area (Å²) in [7, 11) is 0. The molecule has 6 rings (SSSR count). The Kier molecular flexibility index (Phi) is 4.58. The molecule has 4 aliphatic carbocycles. The quantitative estimate of drug-likeness (QED) is 0.543. The molecule has 1 N–H and O–H groups in total. The Morgan fingerprint density at radius 2 is 1.63 bits per heavy atom. The van der Waals surface area contributed by atoms with Crippen LogP contribution in [0, 0.1) is 52.3 Å². The van der Waals surface area contributed by atoms with Crippen LogP contribution in [-0.4, -0.2) is 29.7 Å². The van der Waals surface area contributed by atoms with Gasteiger partial charge in [-0.3, -0.25) is 0 Å². The number of rotatable bonds is 0. The molecule has 6 fully saturated rings. The van der Waals surface area contributed by atoms with E-state index in [2.05, 4.69) is 27.7 Å². The highest BCUT2D eigenvalue weighted by Gasteiger charge is 2.69. The van der Waals surface area contributed by atoms with E-state index in [4.69, 9.17) is 9.47 Å². The number of fused-ring (bicyclic) bond motifs is 7. The predicted octanol–water partition coefficient (Wildman–Crippen LogP) is 5.79. The van der Waals surface area contributed by atoms with Crippen molar-refractivity contribution in [2.24, 2.45) is 52.3 Å². The maximum atomic E-state index is 10.3. The molecule has 12 atom stereocenters. The minimum absolute atomic E-state index is 0.0389. The van der Waals surface area contributed by atoms with Crippen molar-refractivity contribution in [1.29, 1.82) is 0 Å². The highest BCUT2D eigenvalue weighted by molar-refractivity contribution is 5.15. The molecule has 4 saturated carbocycles. The fourth-order valence-electron chi connectivity index (χ4n) is 10.3.